The van der Waals surface area contributed by atoms with Crippen LogP contribution in [0.15, 0.2) is 42.5 Å². The van der Waals surface area contributed by atoms with Crippen LogP contribution in [-0.4, -0.2) is 17.0 Å². The summed E-state index contributed by atoms with van der Waals surface area (Å²) in [4.78, 5) is 23.4. The van der Waals surface area contributed by atoms with Gasteiger partial charge in [0.25, 0.3) is 0 Å². The second-order valence-corrected chi connectivity index (χ2v) is 10.2. The fraction of sp³-hybridized carbons (Fsp3) is 0.357. The first-order valence-electron chi connectivity index (χ1n) is 11.1. The monoisotopic (exact) mass is 430 g/mol. The SMILES string of the molecule is CC(=O)Oc1cc(C(=O)O)c(C)c2ccc(-c3ccc4c(c3)C(C)(C)CCC4(C)C)cc12. The molecular weight excluding hydrogens is 400 g/mol. The summed E-state index contributed by atoms with van der Waals surface area (Å²) >= 11 is 0. The molecule has 4 heteroatoms. The predicted octanol–water partition coefficient (Wildman–Crippen LogP) is 6.79. The molecule has 4 rings (SSSR count). The molecule has 0 spiro atoms. The Hall–Kier alpha value is -3.14. The van der Waals surface area contributed by atoms with Gasteiger partial charge in [0.15, 0.2) is 0 Å². The zero-order valence-corrected chi connectivity index (χ0v) is 19.6. The Morgan fingerprint density at radius 1 is 0.844 bits per heavy atom. The molecule has 4 nitrogen and oxygen atoms in total. The lowest BCUT2D eigenvalue weighted by Crippen LogP contribution is -2.33. The van der Waals surface area contributed by atoms with Crippen molar-refractivity contribution in [3.05, 3.63) is 64.7 Å². The maximum atomic E-state index is 11.7. The lowest BCUT2D eigenvalue weighted by atomic mass is 9.63. The quantitative estimate of drug-likeness (QED) is 0.367. The van der Waals surface area contributed by atoms with E-state index in [1.54, 1.807) is 6.92 Å². The van der Waals surface area contributed by atoms with Gasteiger partial charge in [-0.1, -0.05) is 58.0 Å². The summed E-state index contributed by atoms with van der Waals surface area (Å²) in [5, 5.41) is 11.1. The molecular formula is C28H30O4. The molecule has 0 saturated carbocycles. The van der Waals surface area contributed by atoms with E-state index in [2.05, 4.69) is 45.9 Å². The fourth-order valence-electron chi connectivity index (χ4n) is 4.95. The van der Waals surface area contributed by atoms with E-state index in [0.29, 0.717) is 5.56 Å². The first kappa shape index (κ1) is 22.1. The van der Waals surface area contributed by atoms with Crippen molar-refractivity contribution in [2.75, 3.05) is 0 Å². The third-order valence-electron chi connectivity index (χ3n) is 7.04. The molecule has 0 aromatic heterocycles. The summed E-state index contributed by atoms with van der Waals surface area (Å²) in [6.07, 6.45) is 2.31. The first-order chi connectivity index (χ1) is 14.9. The third-order valence-corrected chi connectivity index (χ3v) is 7.04. The van der Waals surface area contributed by atoms with Gasteiger partial charge in [-0.3, -0.25) is 4.79 Å². The number of aromatic carboxylic acids is 1. The second kappa shape index (κ2) is 7.47. The van der Waals surface area contributed by atoms with Crippen molar-refractivity contribution in [2.24, 2.45) is 0 Å². The number of carboxylic acids is 1. The highest BCUT2D eigenvalue weighted by atomic mass is 16.5. The topological polar surface area (TPSA) is 63.6 Å². The summed E-state index contributed by atoms with van der Waals surface area (Å²) in [5.41, 5.74) is 5.94. The number of carboxylic acid groups (broad SMARTS) is 1. The van der Waals surface area contributed by atoms with Gasteiger partial charge >= 0.3 is 11.9 Å². The van der Waals surface area contributed by atoms with Crippen molar-refractivity contribution >= 4 is 22.7 Å². The van der Waals surface area contributed by atoms with Crippen molar-refractivity contribution in [2.45, 2.75) is 65.2 Å². The van der Waals surface area contributed by atoms with Crippen molar-refractivity contribution in [1.82, 2.24) is 0 Å². The van der Waals surface area contributed by atoms with E-state index in [9.17, 15) is 14.7 Å². The minimum atomic E-state index is -1.04. The summed E-state index contributed by atoms with van der Waals surface area (Å²) in [7, 11) is 0. The van der Waals surface area contributed by atoms with Crippen molar-refractivity contribution < 1.29 is 19.4 Å². The minimum absolute atomic E-state index is 0.105. The van der Waals surface area contributed by atoms with Crippen LogP contribution in [-0.2, 0) is 15.6 Å². The number of benzene rings is 3. The molecule has 0 saturated heterocycles. The van der Waals surface area contributed by atoms with E-state index in [1.165, 1.54) is 30.5 Å². The summed E-state index contributed by atoms with van der Waals surface area (Å²) in [5.74, 6) is -1.24. The molecule has 3 aromatic rings. The molecule has 1 aliphatic carbocycles. The van der Waals surface area contributed by atoms with Gasteiger partial charge in [-0.05, 0) is 75.9 Å². The van der Waals surface area contributed by atoms with Gasteiger partial charge in [-0.2, -0.15) is 0 Å². The Labute approximate surface area is 189 Å². The number of ether oxygens (including phenoxy) is 1. The molecule has 0 unspecified atom stereocenters. The van der Waals surface area contributed by atoms with E-state index in [0.717, 1.165) is 28.3 Å². The molecule has 0 amide bonds. The zero-order valence-electron chi connectivity index (χ0n) is 19.6. The van der Waals surface area contributed by atoms with Gasteiger partial charge in [0.05, 0.1) is 5.56 Å². The van der Waals surface area contributed by atoms with Crippen LogP contribution in [0.25, 0.3) is 21.9 Å². The number of fused-ring (bicyclic) bond motifs is 2. The molecule has 0 radical (unpaired) electrons. The number of aryl methyl sites for hydroxylation is 1. The predicted molar refractivity (Wildman–Crippen MR) is 128 cm³/mol. The molecule has 1 N–H and O–H groups in total. The number of carbonyl (C=O) groups excluding carboxylic acids is 1. The van der Waals surface area contributed by atoms with Crippen LogP contribution in [0.4, 0.5) is 0 Å². The first-order valence-corrected chi connectivity index (χ1v) is 11.1. The van der Waals surface area contributed by atoms with Gasteiger partial charge < -0.3 is 9.84 Å². The van der Waals surface area contributed by atoms with E-state index < -0.39 is 11.9 Å². The molecule has 1 aliphatic rings. The Kier molecular flexibility index (Phi) is 5.15. The molecule has 0 atom stereocenters. The molecule has 0 fully saturated rings. The molecule has 0 aliphatic heterocycles. The maximum Gasteiger partial charge on any atom is 0.336 e. The average molecular weight is 431 g/mol. The number of esters is 1. The van der Waals surface area contributed by atoms with Crippen LogP contribution < -0.4 is 4.74 Å². The van der Waals surface area contributed by atoms with E-state index in [4.69, 9.17) is 4.74 Å². The van der Waals surface area contributed by atoms with E-state index in [-0.39, 0.29) is 22.1 Å². The smallest absolute Gasteiger partial charge is 0.336 e. The zero-order chi connectivity index (χ0) is 23.4. The van der Waals surface area contributed by atoms with Gasteiger partial charge in [0.1, 0.15) is 5.75 Å². The van der Waals surface area contributed by atoms with Crippen LogP contribution in [0, 0.1) is 6.92 Å². The molecule has 32 heavy (non-hydrogen) atoms. The summed E-state index contributed by atoms with van der Waals surface area (Å²) in [6.45, 7) is 12.3. The minimum Gasteiger partial charge on any atom is -0.478 e. The Bertz CT molecular complexity index is 1260. The van der Waals surface area contributed by atoms with E-state index in [1.807, 2.05) is 18.2 Å². The lowest BCUT2D eigenvalue weighted by molar-refractivity contribution is -0.131. The highest BCUT2D eigenvalue weighted by Gasteiger charge is 2.37. The maximum absolute atomic E-state index is 11.7. The van der Waals surface area contributed by atoms with Crippen molar-refractivity contribution in [1.29, 1.82) is 0 Å². The van der Waals surface area contributed by atoms with Gasteiger partial charge in [0.2, 0.25) is 0 Å². The Morgan fingerprint density at radius 3 is 2.06 bits per heavy atom. The number of carbonyl (C=O) groups is 2. The lowest BCUT2D eigenvalue weighted by Gasteiger charge is -2.42. The Morgan fingerprint density at radius 2 is 1.44 bits per heavy atom. The normalized spacial score (nSPS) is 16.4. The average Bonchev–Trinajstić information content (AvgIpc) is 2.72. The van der Waals surface area contributed by atoms with Crippen LogP contribution in [0.1, 0.15) is 74.5 Å². The molecule has 3 aromatic carbocycles. The number of rotatable bonds is 3. The highest BCUT2D eigenvalue weighted by molar-refractivity contribution is 6.02. The van der Waals surface area contributed by atoms with Crippen LogP contribution in [0.2, 0.25) is 0 Å². The number of hydrogen-bond donors (Lipinski definition) is 1. The summed E-state index contributed by atoms with van der Waals surface area (Å²) in [6, 6.07) is 14.1. The Balaban J connectivity index is 1.92. The van der Waals surface area contributed by atoms with Gasteiger partial charge in [-0.15, -0.1) is 0 Å². The van der Waals surface area contributed by atoms with Crippen molar-refractivity contribution in [3.63, 3.8) is 0 Å². The number of hydrogen-bond acceptors (Lipinski definition) is 3. The van der Waals surface area contributed by atoms with Gasteiger partial charge in [0, 0.05) is 12.3 Å². The van der Waals surface area contributed by atoms with E-state index >= 15 is 0 Å². The summed E-state index contributed by atoms with van der Waals surface area (Å²) < 4.78 is 5.41. The highest BCUT2D eigenvalue weighted by Crippen LogP contribution is 2.47. The second-order valence-electron chi connectivity index (χ2n) is 10.2. The molecule has 0 bridgehead atoms. The fourth-order valence-corrected chi connectivity index (χ4v) is 4.95. The standard InChI is InChI=1S/C28H30O4/c1-16-20-9-7-18(13-22(20)25(32-17(2)29)15-21(16)26(30)31)19-8-10-23-24(14-19)28(5,6)12-11-27(23,3)4/h7-10,13-15H,11-12H2,1-6H3,(H,30,31). The van der Waals surface area contributed by atoms with Crippen LogP contribution in [0.5, 0.6) is 5.75 Å². The van der Waals surface area contributed by atoms with Crippen LogP contribution in [0.3, 0.4) is 0 Å². The van der Waals surface area contributed by atoms with Crippen molar-refractivity contribution in [3.8, 4) is 16.9 Å². The third kappa shape index (κ3) is 3.68. The molecule has 166 valence electrons. The van der Waals surface area contributed by atoms with Crippen LogP contribution >= 0.6 is 0 Å². The largest absolute Gasteiger partial charge is 0.478 e. The van der Waals surface area contributed by atoms with Gasteiger partial charge in [-0.25, -0.2) is 4.79 Å². The molecule has 0 heterocycles.